The van der Waals surface area contributed by atoms with E-state index in [0.717, 1.165) is 45.4 Å². The average Bonchev–Trinajstić information content (AvgIpc) is 2.90. The number of piperidine rings is 1. The maximum Gasteiger partial charge on any atom is 0.248 e. The lowest BCUT2D eigenvalue weighted by atomic mass is 10.1. The van der Waals surface area contributed by atoms with Crippen molar-refractivity contribution in [3.05, 3.63) is 0 Å². The van der Waals surface area contributed by atoms with E-state index >= 15 is 0 Å². The van der Waals surface area contributed by atoms with E-state index in [9.17, 15) is 4.79 Å². The van der Waals surface area contributed by atoms with Crippen molar-refractivity contribution in [3.8, 4) is 0 Å². The summed E-state index contributed by atoms with van der Waals surface area (Å²) in [4.78, 5) is 13.6. The molecule has 2 aliphatic rings. The van der Waals surface area contributed by atoms with Crippen molar-refractivity contribution in [2.24, 2.45) is 0 Å². The number of nitrogens with one attached hydrogen (secondary N) is 1. The zero-order chi connectivity index (χ0) is 12.8. The zero-order valence-corrected chi connectivity index (χ0v) is 11.2. The molecule has 1 unspecified atom stereocenters. The maximum atomic E-state index is 11.9. The van der Waals surface area contributed by atoms with Crippen LogP contribution in [0.25, 0.3) is 0 Å². The van der Waals surface area contributed by atoms with Crippen molar-refractivity contribution < 1.29 is 14.3 Å². The Hall–Kier alpha value is -0.650. The van der Waals surface area contributed by atoms with Crippen LogP contribution in [0, 0.1) is 0 Å². The second-order valence-electron chi connectivity index (χ2n) is 5.17. The molecule has 0 aliphatic carbocycles. The number of amides is 1. The number of likely N-dealkylation sites (N-methyl/N-ethyl adjacent to an activating group) is 1. The first-order chi connectivity index (χ1) is 8.75. The molecule has 0 bridgehead atoms. The molecule has 0 radical (unpaired) electrons. The van der Waals surface area contributed by atoms with E-state index in [0.29, 0.717) is 6.54 Å². The average molecular weight is 256 g/mol. The lowest BCUT2D eigenvalue weighted by Crippen LogP contribution is -2.39. The van der Waals surface area contributed by atoms with Crippen molar-refractivity contribution in [3.63, 3.8) is 0 Å². The fourth-order valence-corrected chi connectivity index (χ4v) is 2.46. The van der Waals surface area contributed by atoms with Gasteiger partial charge >= 0.3 is 0 Å². The molecule has 0 aromatic heterocycles. The molecule has 0 aromatic carbocycles. The minimum Gasteiger partial charge on any atom is -0.376 e. The summed E-state index contributed by atoms with van der Waals surface area (Å²) in [6, 6.07) is 0. The summed E-state index contributed by atoms with van der Waals surface area (Å²) in [6.07, 6.45) is 4.64. The number of carbonyl (C=O) groups is 1. The molecule has 1 amide bonds. The molecule has 5 nitrogen and oxygen atoms in total. The summed E-state index contributed by atoms with van der Waals surface area (Å²) in [5.74, 6) is 0.0593. The van der Waals surface area contributed by atoms with Gasteiger partial charge in [-0.2, -0.15) is 0 Å². The molecule has 0 spiro atoms. The fourth-order valence-electron chi connectivity index (χ4n) is 2.46. The number of hydrogen-bond acceptors (Lipinski definition) is 4. The number of hydrogen-bond donors (Lipinski definition) is 1. The summed E-state index contributed by atoms with van der Waals surface area (Å²) in [6.45, 7) is 3.70. The van der Waals surface area contributed by atoms with E-state index in [1.165, 1.54) is 0 Å². The summed E-state index contributed by atoms with van der Waals surface area (Å²) >= 11 is 0. The predicted molar refractivity (Wildman–Crippen MR) is 68.5 cm³/mol. The van der Waals surface area contributed by atoms with Crippen LogP contribution in [0.4, 0.5) is 0 Å². The van der Waals surface area contributed by atoms with Gasteiger partial charge in [0.05, 0.1) is 12.2 Å². The monoisotopic (exact) mass is 256 g/mol. The Kier molecular flexibility index (Phi) is 5.41. The first kappa shape index (κ1) is 13.8. The van der Waals surface area contributed by atoms with E-state index < -0.39 is 0 Å². The van der Waals surface area contributed by atoms with Gasteiger partial charge in [-0.1, -0.05) is 0 Å². The fraction of sp³-hybridized carbons (Fsp3) is 0.923. The van der Waals surface area contributed by atoms with E-state index in [-0.39, 0.29) is 24.7 Å². The minimum absolute atomic E-state index is 0.0593. The highest BCUT2D eigenvalue weighted by atomic mass is 16.5. The third-order valence-electron chi connectivity index (χ3n) is 3.66. The molecule has 18 heavy (non-hydrogen) atoms. The van der Waals surface area contributed by atoms with Crippen LogP contribution < -0.4 is 5.32 Å². The molecule has 2 saturated heterocycles. The lowest BCUT2D eigenvalue weighted by Gasteiger charge is -2.25. The first-order valence-electron chi connectivity index (χ1n) is 6.93. The van der Waals surface area contributed by atoms with Gasteiger partial charge in [0, 0.05) is 20.2 Å². The molecule has 0 saturated carbocycles. The van der Waals surface area contributed by atoms with E-state index in [4.69, 9.17) is 9.47 Å². The molecular weight excluding hydrogens is 232 g/mol. The topological polar surface area (TPSA) is 50.8 Å². The largest absolute Gasteiger partial charge is 0.376 e. The van der Waals surface area contributed by atoms with Crippen LogP contribution in [-0.2, 0) is 14.3 Å². The highest BCUT2D eigenvalue weighted by Crippen LogP contribution is 2.13. The van der Waals surface area contributed by atoms with Crippen LogP contribution in [-0.4, -0.2) is 62.9 Å². The Morgan fingerprint density at radius 3 is 2.83 bits per heavy atom. The molecule has 2 heterocycles. The number of nitrogens with zero attached hydrogens (tertiary/aromatic N) is 1. The predicted octanol–water partition coefficient (Wildman–Crippen LogP) is 0.392. The van der Waals surface area contributed by atoms with E-state index in [1.807, 2.05) is 7.05 Å². The summed E-state index contributed by atoms with van der Waals surface area (Å²) in [7, 11) is 1.83. The van der Waals surface area contributed by atoms with Crippen molar-refractivity contribution in [2.75, 3.05) is 39.9 Å². The molecule has 1 atom stereocenters. The molecule has 0 aromatic rings. The van der Waals surface area contributed by atoms with Crippen LogP contribution in [0.2, 0.25) is 0 Å². The Morgan fingerprint density at radius 1 is 1.39 bits per heavy atom. The van der Waals surface area contributed by atoms with Gasteiger partial charge < -0.3 is 19.7 Å². The van der Waals surface area contributed by atoms with Gasteiger partial charge in [0.15, 0.2) is 0 Å². The van der Waals surface area contributed by atoms with Crippen LogP contribution in [0.3, 0.4) is 0 Å². The molecule has 2 rings (SSSR count). The Labute approximate surface area is 109 Å². The summed E-state index contributed by atoms with van der Waals surface area (Å²) in [5.41, 5.74) is 0. The second-order valence-corrected chi connectivity index (χ2v) is 5.17. The summed E-state index contributed by atoms with van der Waals surface area (Å²) in [5, 5.41) is 3.28. The third kappa shape index (κ3) is 4.23. The smallest absolute Gasteiger partial charge is 0.248 e. The minimum atomic E-state index is 0.0593. The van der Waals surface area contributed by atoms with Gasteiger partial charge in [-0.25, -0.2) is 0 Å². The van der Waals surface area contributed by atoms with Gasteiger partial charge in [0.1, 0.15) is 6.61 Å². The van der Waals surface area contributed by atoms with Gasteiger partial charge in [-0.3, -0.25) is 4.79 Å². The van der Waals surface area contributed by atoms with Crippen molar-refractivity contribution in [1.82, 2.24) is 10.2 Å². The van der Waals surface area contributed by atoms with E-state index in [2.05, 4.69) is 5.32 Å². The van der Waals surface area contributed by atoms with Crippen LogP contribution in [0.15, 0.2) is 0 Å². The third-order valence-corrected chi connectivity index (χ3v) is 3.66. The number of rotatable bonds is 5. The van der Waals surface area contributed by atoms with Crippen molar-refractivity contribution >= 4 is 5.91 Å². The van der Waals surface area contributed by atoms with Crippen molar-refractivity contribution in [2.45, 2.75) is 37.9 Å². The Balaban J connectivity index is 1.63. The van der Waals surface area contributed by atoms with Gasteiger partial charge in [0.25, 0.3) is 0 Å². The molecule has 1 N–H and O–H groups in total. The molecule has 2 fully saturated rings. The highest BCUT2D eigenvalue weighted by Gasteiger charge is 2.21. The van der Waals surface area contributed by atoms with Gasteiger partial charge in [0.2, 0.25) is 5.91 Å². The zero-order valence-electron chi connectivity index (χ0n) is 11.2. The SMILES string of the molecule is CN(CC1CCCO1)C(=O)COC1CCNCC1. The van der Waals surface area contributed by atoms with Crippen molar-refractivity contribution in [1.29, 1.82) is 0 Å². The quantitative estimate of drug-likeness (QED) is 0.773. The van der Waals surface area contributed by atoms with Gasteiger partial charge in [-0.05, 0) is 38.8 Å². The van der Waals surface area contributed by atoms with E-state index in [1.54, 1.807) is 4.90 Å². The Morgan fingerprint density at radius 2 is 2.17 bits per heavy atom. The van der Waals surface area contributed by atoms with Crippen LogP contribution >= 0.6 is 0 Å². The second kappa shape index (κ2) is 7.07. The lowest BCUT2D eigenvalue weighted by molar-refractivity contribution is -0.138. The molecule has 104 valence electrons. The van der Waals surface area contributed by atoms with Crippen LogP contribution in [0.1, 0.15) is 25.7 Å². The van der Waals surface area contributed by atoms with Gasteiger partial charge in [-0.15, -0.1) is 0 Å². The maximum absolute atomic E-state index is 11.9. The summed E-state index contributed by atoms with van der Waals surface area (Å²) < 4.78 is 11.2. The number of ether oxygens (including phenoxy) is 2. The number of carbonyl (C=O) groups excluding carboxylic acids is 1. The molecule has 2 aliphatic heterocycles. The molecular formula is C13H24N2O3. The Bertz CT molecular complexity index is 261. The highest BCUT2D eigenvalue weighted by molar-refractivity contribution is 5.77. The standard InChI is InChI=1S/C13H24N2O3/c1-15(9-12-3-2-8-17-12)13(16)10-18-11-4-6-14-7-5-11/h11-12,14H,2-10H2,1H3. The molecule has 5 heteroatoms. The first-order valence-corrected chi connectivity index (χ1v) is 6.93. The van der Waals surface area contributed by atoms with Crippen LogP contribution in [0.5, 0.6) is 0 Å². The normalized spacial score (nSPS) is 25.3.